The number of para-hydroxylation sites is 1. The first-order valence-corrected chi connectivity index (χ1v) is 10.6. The van der Waals surface area contributed by atoms with Gasteiger partial charge in [0.2, 0.25) is 0 Å². The van der Waals surface area contributed by atoms with Gasteiger partial charge in [0.15, 0.2) is 11.6 Å². The number of aliphatic imine (C=N–C) groups is 1. The molecule has 0 aromatic heterocycles. The SMILES string of the molecule is CC1(C)CC(=O)C2=C(C1)N1C(=C(C#N)[C@@H]2c2ccccc2Cl)N=C(N)c2ccccc21. The predicted octanol–water partition coefficient (Wildman–Crippen LogP) is 5.04. The molecular weight excluding hydrogens is 408 g/mol. The summed E-state index contributed by atoms with van der Waals surface area (Å²) < 4.78 is 0. The molecule has 1 aliphatic carbocycles. The zero-order valence-corrected chi connectivity index (χ0v) is 18.1. The normalized spacial score (nSPS) is 21.7. The molecule has 0 spiro atoms. The number of hydrogen-bond donors (Lipinski definition) is 1. The van der Waals surface area contributed by atoms with Crippen LogP contribution in [0.1, 0.15) is 43.7 Å². The zero-order chi connectivity index (χ0) is 21.9. The number of amidine groups is 1. The molecule has 1 atom stereocenters. The highest BCUT2D eigenvalue weighted by Crippen LogP contribution is 2.53. The van der Waals surface area contributed by atoms with Crippen molar-refractivity contribution in [3.05, 3.63) is 87.3 Å². The van der Waals surface area contributed by atoms with Crippen molar-refractivity contribution in [3.8, 4) is 6.07 Å². The van der Waals surface area contributed by atoms with Gasteiger partial charge in [0.05, 0.1) is 23.2 Å². The first-order chi connectivity index (χ1) is 14.8. The summed E-state index contributed by atoms with van der Waals surface area (Å²) >= 11 is 6.56. The van der Waals surface area contributed by atoms with E-state index in [0.29, 0.717) is 40.7 Å². The number of benzene rings is 2. The van der Waals surface area contributed by atoms with Crippen LogP contribution in [0.4, 0.5) is 5.69 Å². The van der Waals surface area contributed by atoms with Crippen molar-refractivity contribution >= 4 is 28.9 Å². The molecule has 2 aromatic rings. The second-order valence-corrected chi connectivity index (χ2v) is 9.36. The number of halogens is 1. The van der Waals surface area contributed by atoms with Crippen molar-refractivity contribution in [1.82, 2.24) is 0 Å². The van der Waals surface area contributed by atoms with Gasteiger partial charge in [-0.2, -0.15) is 5.26 Å². The van der Waals surface area contributed by atoms with Crippen LogP contribution in [0.15, 0.2) is 76.2 Å². The Kier molecular flexibility index (Phi) is 4.32. The maximum atomic E-state index is 13.5. The summed E-state index contributed by atoms with van der Waals surface area (Å²) in [6, 6.07) is 17.4. The number of nitrogens with two attached hydrogens (primary N) is 1. The van der Waals surface area contributed by atoms with Crippen LogP contribution in [-0.2, 0) is 4.79 Å². The third kappa shape index (κ3) is 2.90. The summed E-state index contributed by atoms with van der Waals surface area (Å²) in [5, 5.41) is 10.8. The van der Waals surface area contributed by atoms with Gasteiger partial charge < -0.3 is 5.73 Å². The smallest absolute Gasteiger partial charge is 0.162 e. The highest BCUT2D eigenvalue weighted by Gasteiger charge is 2.46. The first-order valence-electron chi connectivity index (χ1n) is 10.2. The highest BCUT2D eigenvalue weighted by atomic mass is 35.5. The van der Waals surface area contributed by atoms with E-state index in [0.717, 1.165) is 22.5 Å². The van der Waals surface area contributed by atoms with E-state index >= 15 is 0 Å². The summed E-state index contributed by atoms with van der Waals surface area (Å²) in [6.45, 7) is 4.19. The van der Waals surface area contributed by atoms with E-state index in [9.17, 15) is 10.1 Å². The van der Waals surface area contributed by atoms with Crippen molar-refractivity contribution in [1.29, 1.82) is 5.26 Å². The van der Waals surface area contributed by atoms with Gasteiger partial charge in [0.25, 0.3) is 0 Å². The predicted molar refractivity (Wildman–Crippen MR) is 122 cm³/mol. The van der Waals surface area contributed by atoms with Crippen LogP contribution in [0.2, 0.25) is 5.02 Å². The molecule has 2 aromatic carbocycles. The number of fused-ring (bicyclic) bond motifs is 4. The third-order valence-electron chi connectivity index (χ3n) is 6.18. The molecule has 0 fully saturated rings. The Balaban J connectivity index is 1.87. The second kappa shape index (κ2) is 6.83. The summed E-state index contributed by atoms with van der Waals surface area (Å²) in [7, 11) is 0. The standard InChI is InChI=1S/C25H21ClN4O/c1-25(2)11-19-22(20(31)12-25)21(14-7-3-5-9-17(14)26)16(13-27)24-29-23(28)15-8-4-6-10-18(15)30(19)24/h3-10,21H,11-12H2,1-2H3,(H2,28,29)/t21-/m0/s1. The van der Waals surface area contributed by atoms with Crippen LogP contribution >= 0.6 is 11.6 Å². The first kappa shape index (κ1) is 19.6. The number of hydrogen-bond acceptors (Lipinski definition) is 5. The maximum Gasteiger partial charge on any atom is 0.162 e. The number of allylic oxidation sites excluding steroid dienone is 3. The van der Waals surface area contributed by atoms with Crippen molar-refractivity contribution < 1.29 is 4.79 Å². The molecule has 0 radical (unpaired) electrons. The fraction of sp³-hybridized carbons (Fsp3) is 0.240. The number of anilines is 1. The fourth-order valence-electron chi connectivity index (χ4n) is 4.91. The van der Waals surface area contributed by atoms with E-state index in [-0.39, 0.29) is 11.2 Å². The Morgan fingerprint density at radius 3 is 2.61 bits per heavy atom. The lowest BCUT2D eigenvalue weighted by Gasteiger charge is -2.45. The summed E-state index contributed by atoms with van der Waals surface area (Å²) in [4.78, 5) is 20.2. The average molecular weight is 429 g/mol. The van der Waals surface area contributed by atoms with E-state index in [4.69, 9.17) is 17.3 Å². The number of Topliss-reactive ketones (excluding diaryl/α,β-unsaturated/α-hetero) is 1. The lowest BCUT2D eigenvalue weighted by atomic mass is 9.68. The molecule has 2 N–H and O–H groups in total. The number of nitriles is 1. The van der Waals surface area contributed by atoms with Gasteiger partial charge in [-0.3, -0.25) is 9.69 Å². The van der Waals surface area contributed by atoms with Crippen LogP contribution < -0.4 is 10.6 Å². The Bertz CT molecular complexity index is 1280. The van der Waals surface area contributed by atoms with Crippen LogP contribution in [0.25, 0.3) is 0 Å². The molecule has 31 heavy (non-hydrogen) atoms. The van der Waals surface area contributed by atoms with E-state index in [1.54, 1.807) is 6.07 Å². The quantitative estimate of drug-likeness (QED) is 0.689. The summed E-state index contributed by atoms with van der Waals surface area (Å²) in [5.41, 5.74) is 10.4. The van der Waals surface area contributed by atoms with Crippen molar-refractivity contribution in [2.24, 2.45) is 16.1 Å². The monoisotopic (exact) mass is 428 g/mol. The van der Waals surface area contributed by atoms with E-state index in [2.05, 4.69) is 24.9 Å². The molecule has 5 rings (SSSR count). The van der Waals surface area contributed by atoms with Gasteiger partial charge in [-0.15, -0.1) is 0 Å². The topological polar surface area (TPSA) is 82.5 Å². The third-order valence-corrected chi connectivity index (χ3v) is 6.52. The van der Waals surface area contributed by atoms with Gasteiger partial charge in [0, 0.05) is 28.3 Å². The number of rotatable bonds is 1. The molecular formula is C25H21ClN4O. The van der Waals surface area contributed by atoms with Crippen LogP contribution in [0, 0.1) is 16.7 Å². The fourth-order valence-corrected chi connectivity index (χ4v) is 5.16. The van der Waals surface area contributed by atoms with Crippen LogP contribution in [-0.4, -0.2) is 11.6 Å². The minimum atomic E-state index is -0.564. The average Bonchev–Trinajstić information content (AvgIpc) is 2.72. The van der Waals surface area contributed by atoms with E-state index in [1.807, 2.05) is 47.4 Å². The van der Waals surface area contributed by atoms with Crippen LogP contribution in [0.5, 0.6) is 0 Å². The molecule has 0 bridgehead atoms. The van der Waals surface area contributed by atoms with Crippen LogP contribution in [0.3, 0.4) is 0 Å². The van der Waals surface area contributed by atoms with Gasteiger partial charge in [0.1, 0.15) is 5.84 Å². The lowest BCUT2D eigenvalue weighted by molar-refractivity contribution is -0.118. The number of nitrogens with zero attached hydrogens (tertiary/aromatic N) is 3. The number of carbonyl (C=O) groups excluding carboxylic acids is 1. The lowest BCUT2D eigenvalue weighted by Crippen LogP contribution is -2.42. The van der Waals surface area contributed by atoms with Crippen molar-refractivity contribution in [2.45, 2.75) is 32.6 Å². The molecule has 2 heterocycles. The largest absolute Gasteiger partial charge is 0.383 e. The van der Waals surface area contributed by atoms with Crippen molar-refractivity contribution in [2.75, 3.05) is 4.90 Å². The maximum absolute atomic E-state index is 13.5. The Morgan fingerprint density at radius 1 is 1.16 bits per heavy atom. The molecule has 0 saturated heterocycles. The summed E-state index contributed by atoms with van der Waals surface area (Å²) in [5.74, 6) is 0.319. The van der Waals surface area contributed by atoms with Gasteiger partial charge in [-0.1, -0.05) is 55.8 Å². The molecule has 3 aliphatic rings. The number of ketones is 1. The molecule has 5 nitrogen and oxygen atoms in total. The molecule has 154 valence electrons. The Labute approximate surface area is 186 Å². The minimum absolute atomic E-state index is 0.0444. The molecule has 0 saturated carbocycles. The molecule has 0 unspecified atom stereocenters. The van der Waals surface area contributed by atoms with E-state index < -0.39 is 5.92 Å². The molecule has 2 aliphatic heterocycles. The molecule has 6 heteroatoms. The zero-order valence-electron chi connectivity index (χ0n) is 17.3. The Hall–Kier alpha value is -3.36. The highest BCUT2D eigenvalue weighted by molar-refractivity contribution is 6.31. The number of carbonyl (C=O) groups is 1. The minimum Gasteiger partial charge on any atom is -0.383 e. The van der Waals surface area contributed by atoms with Gasteiger partial charge in [-0.25, -0.2) is 4.99 Å². The molecule has 0 amide bonds. The van der Waals surface area contributed by atoms with E-state index in [1.165, 1.54) is 0 Å². The second-order valence-electron chi connectivity index (χ2n) is 8.95. The van der Waals surface area contributed by atoms with Gasteiger partial charge >= 0.3 is 0 Å². The Morgan fingerprint density at radius 2 is 1.87 bits per heavy atom. The summed E-state index contributed by atoms with van der Waals surface area (Å²) in [6.07, 6.45) is 1.10. The van der Waals surface area contributed by atoms with Crippen molar-refractivity contribution in [3.63, 3.8) is 0 Å². The van der Waals surface area contributed by atoms with Gasteiger partial charge in [-0.05, 0) is 35.6 Å².